The highest BCUT2D eigenvalue weighted by molar-refractivity contribution is 5.95. The molecular weight excluding hydrogens is 644 g/mol. The summed E-state index contributed by atoms with van der Waals surface area (Å²) >= 11 is 0. The van der Waals surface area contributed by atoms with E-state index in [1.54, 1.807) is 6.92 Å². The van der Waals surface area contributed by atoms with Crippen molar-refractivity contribution >= 4 is 35.7 Å². The van der Waals surface area contributed by atoms with Crippen LogP contribution in [0.2, 0.25) is 0 Å². The molecule has 8 atom stereocenters. The van der Waals surface area contributed by atoms with Gasteiger partial charge in [0.15, 0.2) is 0 Å². The molecule has 0 radical (unpaired) electrons. The predicted molar refractivity (Wildman–Crippen MR) is 199 cm³/mol. The third-order valence-corrected chi connectivity index (χ3v) is 12.2. The third kappa shape index (κ3) is 6.50. The Morgan fingerprint density at radius 1 is 0.902 bits per heavy atom. The van der Waals surface area contributed by atoms with Gasteiger partial charge in [0.25, 0.3) is 0 Å². The Morgan fingerprint density at radius 3 is 2.22 bits per heavy atom. The molecule has 2 unspecified atom stereocenters. The zero-order valence-corrected chi connectivity index (χ0v) is 31.6. The summed E-state index contributed by atoms with van der Waals surface area (Å²) in [7, 11) is 1.35. The normalized spacial score (nSPS) is 30.7. The molecule has 2 aromatic heterocycles. The number of aromatic amines is 2. The maximum atomic E-state index is 13.5. The quantitative estimate of drug-likeness (QED) is 0.143. The molecule has 1 aliphatic carbocycles. The number of aliphatic hydroxyl groups is 2. The van der Waals surface area contributed by atoms with Gasteiger partial charge in [-0.15, -0.1) is 0 Å². The number of carbonyl (C=O) groups excluding carboxylic acids is 2. The number of esters is 2. The van der Waals surface area contributed by atoms with Gasteiger partial charge < -0.3 is 40.3 Å². The summed E-state index contributed by atoms with van der Waals surface area (Å²) in [6.45, 7) is 17.0. The lowest BCUT2D eigenvalue weighted by Crippen LogP contribution is -2.24. The number of hydrogen-bond donors (Lipinski definition) is 6. The second-order valence-corrected chi connectivity index (χ2v) is 15.2. The molecular formula is C41H56N4O6. The minimum absolute atomic E-state index is 0.0734. The first-order valence-corrected chi connectivity index (χ1v) is 18.8. The van der Waals surface area contributed by atoms with Crippen molar-refractivity contribution in [1.82, 2.24) is 20.6 Å². The standard InChI is InChI=1S/C41H56N4O6/c1-10-19(3)14-15-51-33(47)13-12-26-21(5)28-16-29-22(6)34(24(8)46)32(43-29)18-27-20(4)25(11-2)31(42-27)17-30-23(7)35-39(45-30)36(38(26)44-28)37(40(35)48)41(49)50-9/h16-21,24-26,37,40,42-46,48H,10-15H2,1-9H3/b27-18-,28-16-,31-17-,38-36-/t19?,20-,21+,24?,25-,26+,37-,40-/m1/s1. The molecule has 3 aliphatic heterocycles. The van der Waals surface area contributed by atoms with Gasteiger partial charge in [0.05, 0.1) is 31.6 Å². The van der Waals surface area contributed by atoms with Crippen LogP contribution in [0.1, 0.15) is 131 Å². The van der Waals surface area contributed by atoms with Crippen LogP contribution in [0, 0.1) is 49.4 Å². The van der Waals surface area contributed by atoms with E-state index in [4.69, 9.17) is 9.47 Å². The van der Waals surface area contributed by atoms with Gasteiger partial charge in [-0.2, -0.15) is 0 Å². The van der Waals surface area contributed by atoms with Crippen molar-refractivity contribution < 1.29 is 29.3 Å². The maximum absolute atomic E-state index is 13.5. The average Bonchev–Trinajstić information content (AvgIpc) is 3.84. The molecule has 8 bridgehead atoms. The van der Waals surface area contributed by atoms with Gasteiger partial charge in [-0.1, -0.05) is 41.0 Å². The van der Waals surface area contributed by atoms with Gasteiger partial charge in [0, 0.05) is 86.7 Å². The van der Waals surface area contributed by atoms with Crippen molar-refractivity contribution in [3.63, 3.8) is 0 Å². The Bertz CT molecular complexity index is 1820. The van der Waals surface area contributed by atoms with Crippen LogP contribution >= 0.6 is 0 Å². The predicted octanol–water partition coefficient (Wildman–Crippen LogP) is 7.18. The molecule has 0 aromatic carbocycles. The van der Waals surface area contributed by atoms with E-state index in [1.165, 1.54) is 7.11 Å². The number of allylic oxidation sites excluding steroid dienone is 4. The summed E-state index contributed by atoms with van der Waals surface area (Å²) in [5.74, 6) is -1.04. The van der Waals surface area contributed by atoms with Crippen LogP contribution in [-0.4, -0.2) is 45.8 Å². The Balaban J connectivity index is 1.54. The Hall–Kier alpha value is -4.02. The van der Waals surface area contributed by atoms with Gasteiger partial charge in [-0.05, 0) is 75.3 Å². The molecule has 2 aromatic rings. The van der Waals surface area contributed by atoms with Gasteiger partial charge in [-0.3, -0.25) is 9.59 Å². The number of carbonyl (C=O) groups is 2. The van der Waals surface area contributed by atoms with E-state index in [1.807, 2.05) is 13.8 Å². The second kappa shape index (κ2) is 14.5. The topological polar surface area (TPSA) is 149 Å². The lowest BCUT2D eigenvalue weighted by Gasteiger charge is -2.21. The van der Waals surface area contributed by atoms with E-state index >= 15 is 0 Å². The Labute approximate surface area is 301 Å². The molecule has 10 heteroatoms. The number of aromatic nitrogens is 2. The number of nitrogens with one attached hydrogen (secondary N) is 4. The molecule has 51 heavy (non-hydrogen) atoms. The van der Waals surface area contributed by atoms with Crippen molar-refractivity contribution in [1.29, 1.82) is 0 Å². The van der Waals surface area contributed by atoms with Gasteiger partial charge >= 0.3 is 11.9 Å². The fraction of sp³-hybridized carbons (Fsp3) is 0.561. The zero-order chi connectivity index (χ0) is 36.9. The SMILES string of the molecule is CCC(C)CCOC(=O)CC[C@@H]1/C2=C3/c4[nH]c(c(C)c4[C@@H](O)[C@@H]3C(=O)OC)/C=C3\N/C(=C\c4[nH]c(c(C)c4C(C)O)/C=C(\N2)[C@H]1C)[C@H](C)[C@H]3CC. The number of rotatable bonds is 10. The number of aliphatic hydroxyl groups excluding tert-OH is 2. The molecule has 10 nitrogen and oxygen atoms in total. The molecule has 2 fully saturated rings. The largest absolute Gasteiger partial charge is 0.468 e. The van der Waals surface area contributed by atoms with E-state index in [0.29, 0.717) is 30.1 Å². The number of hydrogen-bond acceptors (Lipinski definition) is 8. The summed E-state index contributed by atoms with van der Waals surface area (Å²) in [5, 5.41) is 30.3. The lowest BCUT2D eigenvalue weighted by molar-refractivity contribution is -0.146. The Morgan fingerprint density at radius 2 is 1.55 bits per heavy atom. The van der Waals surface area contributed by atoms with Crippen molar-refractivity contribution in [2.24, 2.45) is 35.5 Å². The molecule has 6 rings (SSSR count). The first-order chi connectivity index (χ1) is 24.3. The molecule has 5 heterocycles. The first-order valence-electron chi connectivity index (χ1n) is 18.8. The van der Waals surface area contributed by atoms with E-state index in [9.17, 15) is 19.8 Å². The van der Waals surface area contributed by atoms with Gasteiger partial charge in [-0.25, -0.2) is 0 Å². The summed E-state index contributed by atoms with van der Waals surface area (Å²) in [6, 6.07) is 0. The van der Waals surface area contributed by atoms with Crippen LogP contribution in [-0.2, 0) is 19.1 Å². The van der Waals surface area contributed by atoms with Crippen LogP contribution in [0.5, 0.6) is 0 Å². The van der Waals surface area contributed by atoms with Crippen molar-refractivity contribution in [2.75, 3.05) is 13.7 Å². The first kappa shape index (κ1) is 36.8. The number of methoxy groups -OCH3 is 1. The molecule has 0 amide bonds. The summed E-state index contributed by atoms with van der Waals surface area (Å²) < 4.78 is 11.0. The van der Waals surface area contributed by atoms with Crippen LogP contribution < -0.4 is 10.6 Å². The highest BCUT2D eigenvalue weighted by Gasteiger charge is 2.48. The number of H-pyrrole nitrogens is 2. The zero-order valence-electron chi connectivity index (χ0n) is 31.6. The number of ether oxygens (including phenoxy) is 2. The molecule has 0 saturated carbocycles. The molecule has 6 N–H and O–H groups in total. The Kier molecular flexibility index (Phi) is 10.5. The van der Waals surface area contributed by atoms with Crippen molar-refractivity contribution in [2.45, 2.75) is 99.7 Å². The van der Waals surface area contributed by atoms with Gasteiger partial charge in [0.2, 0.25) is 0 Å². The monoisotopic (exact) mass is 700 g/mol. The smallest absolute Gasteiger partial charge is 0.316 e. The molecule has 4 aliphatic rings. The fourth-order valence-electron chi connectivity index (χ4n) is 8.75. The number of fused-ring (bicyclic) bond motifs is 7. The van der Waals surface area contributed by atoms with Crippen LogP contribution in [0.3, 0.4) is 0 Å². The van der Waals surface area contributed by atoms with E-state index in [0.717, 1.165) is 81.5 Å². The minimum atomic E-state index is -1.11. The highest BCUT2D eigenvalue weighted by Crippen LogP contribution is 2.53. The summed E-state index contributed by atoms with van der Waals surface area (Å²) in [4.78, 5) is 33.8. The van der Waals surface area contributed by atoms with Crippen LogP contribution in [0.25, 0.3) is 23.8 Å². The maximum Gasteiger partial charge on any atom is 0.316 e. The second-order valence-electron chi connectivity index (χ2n) is 15.2. The molecule has 0 spiro atoms. The van der Waals surface area contributed by atoms with E-state index in [2.05, 4.69) is 73.4 Å². The van der Waals surface area contributed by atoms with E-state index in [-0.39, 0.29) is 36.1 Å². The lowest BCUT2D eigenvalue weighted by atomic mass is 9.84. The van der Waals surface area contributed by atoms with Crippen LogP contribution in [0.4, 0.5) is 0 Å². The van der Waals surface area contributed by atoms with Gasteiger partial charge in [0.1, 0.15) is 5.92 Å². The average molecular weight is 701 g/mol. The highest BCUT2D eigenvalue weighted by atomic mass is 16.5. The summed E-state index contributed by atoms with van der Waals surface area (Å²) in [5.41, 5.74) is 11.2. The fourth-order valence-corrected chi connectivity index (χ4v) is 8.75. The third-order valence-electron chi connectivity index (χ3n) is 12.2. The van der Waals surface area contributed by atoms with Crippen molar-refractivity contribution in [3.8, 4) is 0 Å². The minimum Gasteiger partial charge on any atom is -0.468 e. The summed E-state index contributed by atoms with van der Waals surface area (Å²) in [6.07, 6.45) is 8.04. The van der Waals surface area contributed by atoms with Crippen molar-refractivity contribution in [3.05, 3.63) is 67.8 Å². The molecule has 2 saturated heterocycles. The van der Waals surface area contributed by atoms with E-state index < -0.39 is 24.1 Å². The van der Waals surface area contributed by atoms with Crippen LogP contribution in [0.15, 0.2) is 22.8 Å². The molecule has 276 valence electrons.